The summed E-state index contributed by atoms with van der Waals surface area (Å²) in [7, 11) is 1.71. The van der Waals surface area contributed by atoms with Crippen molar-refractivity contribution in [2.45, 2.75) is 101 Å². The summed E-state index contributed by atoms with van der Waals surface area (Å²) >= 11 is 0. The Kier molecular flexibility index (Phi) is 8.89. The zero-order chi connectivity index (χ0) is 31.9. The van der Waals surface area contributed by atoms with Gasteiger partial charge in [-0.15, -0.1) is 0 Å². The first-order chi connectivity index (χ1) is 21.7. The Hall–Kier alpha value is -3.50. The van der Waals surface area contributed by atoms with Crippen LogP contribution in [-0.4, -0.2) is 99.6 Å². The molecular formula is C35H45N3O7. The Bertz CT molecular complexity index is 1360. The number of likely N-dealkylation sites (tertiary alicyclic amines) is 1. The molecule has 1 aromatic carbocycles. The lowest BCUT2D eigenvalue weighted by molar-refractivity contribution is -0.164. The van der Waals surface area contributed by atoms with Gasteiger partial charge >= 0.3 is 5.97 Å². The fourth-order valence-electron chi connectivity index (χ4n) is 8.13. The number of hydrogen-bond donors (Lipinski definition) is 1. The molecule has 5 aliphatic rings. The van der Waals surface area contributed by atoms with E-state index in [9.17, 15) is 24.3 Å². The van der Waals surface area contributed by atoms with Crippen molar-refractivity contribution in [1.29, 1.82) is 0 Å². The minimum absolute atomic E-state index is 0.0635. The molecule has 0 radical (unpaired) electrons. The van der Waals surface area contributed by atoms with Crippen molar-refractivity contribution in [3.8, 4) is 0 Å². The Balaban J connectivity index is 1.43. The van der Waals surface area contributed by atoms with Crippen LogP contribution in [0, 0.1) is 11.8 Å². The summed E-state index contributed by atoms with van der Waals surface area (Å²) in [5.41, 5.74) is -0.685. The molecule has 6 rings (SSSR count). The number of cyclic esters (lactones) is 1. The Labute approximate surface area is 265 Å². The number of amides is 3. The average molecular weight is 620 g/mol. The maximum Gasteiger partial charge on any atom is 0.313 e. The quantitative estimate of drug-likeness (QED) is 0.407. The predicted molar refractivity (Wildman–Crippen MR) is 165 cm³/mol. The molecule has 4 heterocycles. The number of rotatable bonds is 4. The van der Waals surface area contributed by atoms with E-state index < -0.39 is 59.6 Å². The summed E-state index contributed by atoms with van der Waals surface area (Å²) in [6, 6.07) is 7.18. The minimum atomic E-state index is -1.42. The number of nitrogens with zero attached hydrogens (tertiary/aromatic N) is 3. The summed E-state index contributed by atoms with van der Waals surface area (Å²) in [6.45, 7) is 3.63. The van der Waals surface area contributed by atoms with Gasteiger partial charge in [0.25, 0.3) is 0 Å². The van der Waals surface area contributed by atoms with Gasteiger partial charge in [0.1, 0.15) is 23.7 Å². The van der Waals surface area contributed by atoms with Crippen LogP contribution in [0.2, 0.25) is 0 Å². The molecule has 4 aliphatic heterocycles. The van der Waals surface area contributed by atoms with Crippen molar-refractivity contribution in [2.75, 3.05) is 20.2 Å². The standard InChI is InChI=1S/C35H45N3O7/c1-22(21-39)38-31-33(42)37(25-15-8-5-9-16-25)20-12-19-35(31)29(32(38)41)28-26(45-35)17-10-11-18-27(40)36(3)23(2)30(44-34(28)43)24-13-6-4-7-14-24/h4,6-7,10,12-14,17,19,22-23,25-26,28-31,39H,5,8-9,11,15-16,18,20-21H2,1-3H3/b17-10-/t22-,23-,26-,28+,29+,30+,31-,35+/m1/s1. The van der Waals surface area contributed by atoms with E-state index in [-0.39, 0.29) is 30.9 Å². The fourth-order valence-corrected chi connectivity index (χ4v) is 8.13. The minimum Gasteiger partial charge on any atom is -0.455 e. The SMILES string of the molecule is C[C@@H]1[C@@H](c2ccccc2)OC(=O)[C@@H]2[C@H]3C(=O)N([C@H](C)CO)[C@@H]4C(=O)N(C5CCCCC5)CC=C[C@]34O[C@@H]2/C=C\CCC(=O)N1C. The van der Waals surface area contributed by atoms with Crippen LogP contribution in [0.25, 0.3) is 0 Å². The molecular weight excluding hydrogens is 574 g/mol. The first kappa shape index (κ1) is 31.5. The van der Waals surface area contributed by atoms with Crippen molar-refractivity contribution in [2.24, 2.45) is 11.8 Å². The van der Waals surface area contributed by atoms with Gasteiger partial charge in [-0.2, -0.15) is 0 Å². The number of aliphatic hydroxyl groups is 1. The molecule has 1 spiro atoms. The van der Waals surface area contributed by atoms with Gasteiger partial charge in [0, 0.05) is 26.1 Å². The number of likely N-dealkylation sites (N-methyl/N-ethyl adjacent to an activating group) is 1. The van der Waals surface area contributed by atoms with Gasteiger partial charge in [-0.1, -0.05) is 73.9 Å². The van der Waals surface area contributed by atoms with E-state index in [0.29, 0.717) is 13.0 Å². The number of hydrogen-bond acceptors (Lipinski definition) is 7. The number of aliphatic hydroxyl groups excluding tert-OH is 1. The van der Waals surface area contributed by atoms with Gasteiger partial charge in [-0.3, -0.25) is 19.2 Å². The van der Waals surface area contributed by atoms with E-state index in [1.54, 1.807) is 24.9 Å². The van der Waals surface area contributed by atoms with Crippen LogP contribution < -0.4 is 0 Å². The molecule has 0 bridgehead atoms. The van der Waals surface area contributed by atoms with E-state index in [0.717, 1.165) is 37.7 Å². The number of allylic oxidation sites excluding steroid dienone is 1. The number of ether oxygens (including phenoxy) is 2. The van der Waals surface area contributed by atoms with Crippen molar-refractivity contribution in [3.05, 3.63) is 60.2 Å². The molecule has 0 unspecified atom stereocenters. The highest BCUT2D eigenvalue weighted by molar-refractivity contribution is 5.99. The van der Waals surface area contributed by atoms with Crippen LogP contribution in [0.3, 0.4) is 0 Å². The molecule has 242 valence electrons. The number of esters is 1. The van der Waals surface area contributed by atoms with Gasteiger partial charge < -0.3 is 29.3 Å². The predicted octanol–water partition coefficient (Wildman–Crippen LogP) is 3.16. The molecule has 8 atom stereocenters. The molecule has 3 fully saturated rings. The fraction of sp³-hybridized carbons (Fsp3) is 0.600. The number of carbonyl (C=O) groups excluding carboxylic acids is 4. The summed E-state index contributed by atoms with van der Waals surface area (Å²) in [5.74, 6) is -3.36. The second kappa shape index (κ2) is 12.7. The smallest absolute Gasteiger partial charge is 0.313 e. The largest absolute Gasteiger partial charge is 0.455 e. The van der Waals surface area contributed by atoms with E-state index in [1.165, 1.54) is 4.90 Å². The van der Waals surface area contributed by atoms with Crippen LogP contribution in [0.15, 0.2) is 54.6 Å². The summed E-state index contributed by atoms with van der Waals surface area (Å²) in [6.07, 6.45) is 11.4. The normalized spacial score (nSPS) is 36.0. The van der Waals surface area contributed by atoms with Gasteiger partial charge in [0.05, 0.1) is 30.7 Å². The Morgan fingerprint density at radius 1 is 1.02 bits per heavy atom. The lowest BCUT2D eigenvalue weighted by Gasteiger charge is -2.40. The number of carbonyl (C=O) groups is 4. The molecule has 1 N–H and O–H groups in total. The molecule has 3 amide bonds. The van der Waals surface area contributed by atoms with Crippen LogP contribution >= 0.6 is 0 Å². The third kappa shape index (κ3) is 5.39. The molecule has 10 heteroatoms. The summed E-state index contributed by atoms with van der Waals surface area (Å²) in [5, 5.41) is 10.3. The average Bonchev–Trinajstić information content (AvgIpc) is 3.45. The van der Waals surface area contributed by atoms with E-state index in [2.05, 4.69) is 0 Å². The van der Waals surface area contributed by atoms with Crippen molar-refractivity contribution < 1.29 is 33.8 Å². The molecule has 45 heavy (non-hydrogen) atoms. The number of benzene rings is 1. The monoisotopic (exact) mass is 619 g/mol. The molecule has 1 aliphatic carbocycles. The van der Waals surface area contributed by atoms with Crippen LogP contribution in [0.4, 0.5) is 0 Å². The molecule has 10 nitrogen and oxygen atoms in total. The highest BCUT2D eigenvalue weighted by Crippen LogP contribution is 2.54. The van der Waals surface area contributed by atoms with E-state index in [4.69, 9.17) is 9.47 Å². The van der Waals surface area contributed by atoms with Crippen LogP contribution in [0.5, 0.6) is 0 Å². The van der Waals surface area contributed by atoms with Crippen molar-refractivity contribution in [3.63, 3.8) is 0 Å². The van der Waals surface area contributed by atoms with Gasteiger partial charge in [-0.05, 0) is 38.7 Å². The maximum atomic E-state index is 14.6. The highest BCUT2D eigenvalue weighted by Gasteiger charge is 2.72. The molecule has 2 saturated heterocycles. The lowest BCUT2D eigenvalue weighted by Crippen LogP contribution is -2.59. The highest BCUT2D eigenvalue weighted by atomic mass is 16.6. The first-order valence-corrected chi connectivity index (χ1v) is 16.5. The van der Waals surface area contributed by atoms with Gasteiger partial charge in [0.2, 0.25) is 17.7 Å². The molecule has 1 aromatic rings. The summed E-state index contributed by atoms with van der Waals surface area (Å²) < 4.78 is 13.1. The Morgan fingerprint density at radius 2 is 1.76 bits per heavy atom. The van der Waals surface area contributed by atoms with Crippen molar-refractivity contribution in [1.82, 2.24) is 14.7 Å². The number of fused-ring (bicyclic) bond motifs is 2. The molecule has 0 aromatic heterocycles. The zero-order valence-corrected chi connectivity index (χ0v) is 26.4. The third-order valence-electron chi connectivity index (χ3n) is 10.7. The van der Waals surface area contributed by atoms with Gasteiger partial charge in [0.15, 0.2) is 0 Å². The van der Waals surface area contributed by atoms with Gasteiger partial charge in [-0.25, -0.2) is 0 Å². The lowest BCUT2D eigenvalue weighted by atomic mass is 9.77. The second-order valence-corrected chi connectivity index (χ2v) is 13.3. The topological polar surface area (TPSA) is 117 Å². The third-order valence-corrected chi connectivity index (χ3v) is 10.7. The first-order valence-electron chi connectivity index (χ1n) is 16.5. The maximum absolute atomic E-state index is 14.6. The second-order valence-electron chi connectivity index (χ2n) is 13.3. The summed E-state index contributed by atoms with van der Waals surface area (Å²) in [4.78, 5) is 61.6. The Morgan fingerprint density at radius 3 is 2.47 bits per heavy atom. The van der Waals surface area contributed by atoms with E-state index in [1.807, 2.05) is 60.4 Å². The molecule has 1 saturated carbocycles. The van der Waals surface area contributed by atoms with Crippen molar-refractivity contribution >= 4 is 23.7 Å². The van der Waals surface area contributed by atoms with E-state index >= 15 is 0 Å². The van der Waals surface area contributed by atoms with Crippen LogP contribution in [0.1, 0.15) is 70.5 Å². The zero-order valence-electron chi connectivity index (χ0n) is 26.4. The van der Waals surface area contributed by atoms with Crippen LogP contribution in [-0.2, 0) is 28.7 Å².